The molecular formula is C33H34N4O5. The van der Waals surface area contributed by atoms with Gasteiger partial charge in [0.2, 0.25) is 0 Å². The number of fused-ring (bicyclic) bond motifs is 4. The molecule has 9 heteroatoms. The molecule has 0 radical (unpaired) electrons. The molecule has 42 heavy (non-hydrogen) atoms. The number of rotatable bonds is 8. The summed E-state index contributed by atoms with van der Waals surface area (Å²) < 4.78 is 10.7. The second-order valence-electron chi connectivity index (χ2n) is 10.3. The smallest absolute Gasteiger partial charge is 0.317 e. The summed E-state index contributed by atoms with van der Waals surface area (Å²) >= 11 is 0. The van der Waals surface area contributed by atoms with E-state index in [1.165, 1.54) is 0 Å². The molecule has 0 saturated carbocycles. The number of carboxylic acid groups (broad SMARTS) is 1. The zero-order chi connectivity index (χ0) is 29.5. The average Bonchev–Trinajstić information content (AvgIpc) is 2.97. The van der Waals surface area contributed by atoms with E-state index in [2.05, 4.69) is 4.90 Å². The molecule has 0 unspecified atom stereocenters. The number of hydrogen-bond donors (Lipinski definition) is 2. The van der Waals surface area contributed by atoms with Crippen molar-refractivity contribution in [3.8, 4) is 17.2 Å². The van der Waals surface area contributed by atoms with Gasteiger partial charge in [0.05, 0.1) is 43.5 Å². The van der Waals surface area contributed by atoms with Crippen molar-refractivity contribution in [3.05, 3.63) is 112 Å². The highest BCUT2D eigenvalue weighted by Crippen LogP contribution is 2.29. The second kappa shape index (κ2) is 13.3. The maximum Gasteiger partial charge on any atom is 0.317 e. The van der Waals surface area contributed by atoms with Crippen molar-refractivity contribution < 1.29 is 24.5 Å². The van der Waals surface area contributed by atoms with E-state index in [1.807, 2.05) is 83.8 Å². The van der Waals surface area contributed by atoms with Crippen LogP contribution < -0.4 is 9.47 Å². The number of ether oxygens (including phenoxy) is 2. The molecule has 9 nitrogen and oxygen atoms in total. The molecule has 0 spiro atoms. The number of phenols is 1. The van der Waals surface area contributed by atoms with Crippen LogP contribution in [0.3, 0.4) is 0 Å². The normalized spacial score (nSPS) is 14.2. The number of hydrogen-bond acceptors (Lipinski definition) is 8. The Morgan fingerprint density at radius 2 is 1.29 bits per heavy atom. The fourth-order valence-electron chi connectivity index (χ4n) is 5.08. The average molecular weight is 567 g/mol. The van der Waals surface area contributed by atoms with E-state index in [9.17, 15) is 15.0 Å². The molecule has 2 N–H and O–H groups in total. The van der Waals surface area contributed by atoms with Crippen LogP contribution in [0.15, 0.2) is 72.8 Å². The van der Waals surface area contributed by atoms with Crippen molar-refractivity contribution in [2.75, 3.05) is 20.8 Å². The molecular weight excluding hydrogens is 532 g/mol. The number of phenolic OH excluding ortho intramolecular Hbond substituents is 1. The number of aromatic nitrogens is 2. The van der Waals surface area contributed by atoms with Crippen LogP contribution in [-0.2, 0) is 37.5 Å². The van der Waals surface area contributed by atoms with E-state index in [-0.39, 0.29) is 12.3 Å². The lowest BCUT2D eigenvalue weighted by molar-refractivity contribution is -0.138. The Bertz CT molecular complexity index is 1540. The summed E-state index contributed by atoms with van der Waals surface area (Å²) in [6.45, 7) is 2.25. The highest BCUT2D eigenvalue weighted by Gasteiger charge is 2.18. The van der Waals surface area contributed by atoms with Crippen molar-refractivity contribution in [2.45, 2.75) is 32.7 Å². The minimum absolute atomic E-state index is 0.0972. The Morgan fingerprint density at radius 1 is 0.762 bits per heavy atom. The Kier molecular flexibility index (Phi) is 9.11. The molecule has 2 aromatic carbocycles. The van der Waals surface area contributed by atoms with Crippen molar-refractivity contribution >= 4 is 18.1 Å². The van der Waals surface area contributed by atoms with Gasteiger partial charge in [-0.05, 0) is 59.7 Å². The summed E-state index contributed by atoms with van der Waals surface area (Å²) in [6.07, 6.45) is 3.99. The fourth-order valence-corrected chi connectivity index (χ4v) is 5.08. The van der Waals surface area contributed by atoms with Gasteiger partial charge in [0.15, 0.2) is 11.5 Å². The summed E-state index contributed by atoms with van der Waals surface area (Å²) in [7, 11) is 3.22. The lowest BCUT2D eigenvalue weighted by Crippen LogP contribution is -2.31. The first-order valence-electron chi connectivity index (χ1n) is 13.7. The molecule has 0 saturated heterocycles. The number of aromatic hydroxyl groups is 1. The predicted molar refractivity (Wildman–Crippen MR) is 160 cm³/mol. The number of carbonyl (C=O) groups is 1. The SMILES string of the molecule is COc1ccc(C=Cc2ccc(O)c(CN3Cc4cccc(n4)CN(CC(=O)O)Cc4cccc(n4)C3)c2)cc1OC. The maximum absolute atomic E-state index is 11.5. The molecule has 0 atom stereocenters. The lowest BCUT2D eigenvalue weighted by Gasteiger charge is -2.25. The van der Waals surface area contributed by atoms with Gasteiger partial charge in [-0.25, -0.2) is 0 Å². The largest absolute Gasteiger partial charge is 0.508 e. The van der Waals surface area contributed by atoms with Gasteiger partial charge in [0, 0.05) is 38.3 Å². The van der Waals surface area contributed by atoms with Crippen LogP contribution in [0, 0.1) is 0 Å². The van der Waals surface area contributed by atoms with Gasteiger partial charge in [-0.15, -0.1) is 0 Å². The highest BCUT2D eigenvalue weighted by atomic mass is 16.5. The van der Waals surface area contributed by atoms with Crippen LogP contribution in [0.25, 0.3) is 12.2 Å². The zero-order valence-electron chi connectivity index (χ0n) is 23.7. The molecule has 0 amide bonds. The number of nitrogens with zero attached hydrogens (tertiary/aromatic N) is 4. The van der Waals surface area contributed by atoms with Crippen LogP contribution in [0.4, 0.5) is 0 Å². The number of benzene rings is 2. The minimum Gasteiger partial charge on any atom is -0.508 e. The molecule has 4 aromatic rings. The number of pyridine rings is 2. The highest BCUT2D eigenvalue weighted by molar-refractivity contribution is 5.71. The Labute approximate surface area is 245 Å². The van der Waals surface area contributed by atoms with Crippen LogP contribution in [-0.4, -0.2) is 56.7 Å². The second-order valence-corrected chi connectivity index (χ2v) is 10.3. The topological polar surface area (TPSA) is 108 Å². The molecule has 1 aliphatic heterocycles. The first-order chi connectivity index (χ1) is 20.4. The standard InChI is InChI=1S/C33H34N4O5/c1-41-31-14-12-24(16-32(31)42-2)10-9-23-11-13-30(38)25(15-23)17-36-18-26-5-3-7-28(34-26)20-37(22-33(39)40)21-29-8-4-6-27(19-36)35-29/h3-16,38H,17-22H2,1-2H3,(H,39,40). The van der Waals surface area contributed by atoms with E-state index < -0.39 is 5.97 Å². The third kappa shape index (κ3) is 7.51. The molecule has 1 aliphatic rings. The monoisotopic (exact) mass is 566 g/mol. The van der Waals surface area contributed by atoms with E-state index in [0.29, 0.717) is 44.2 Å². The van der Waals surface area contributed by atoms with Gasteiger partial charge in [-0.2, -0.15) is 0 Å². The molecule has 3 heterocycles. The Morgan fingerprint density at radius 3 is 1.83 bits per heavy atom. The Balaban J connectivity index is 1.40. The van der Waals surface area contributed by atoms with Gasteiger partial charge in [0.25, 0.3) is 0 Å². The summed E-state index contributed by atoms with van der Waals surface area (Å²) in [5.74, 6) is 0.662. The maximum atomic E-state index is 11.5. The summed E-state index contributed by atoms with van der Waals surface area (Å²) in [4.78, 5) is 25.2. The van der Waals surface area contributed by atoms with E-state index in [4.69, 9.17) is 19.4 Å². The van der Waals surface area contributed by atoms with Gasteiger partial charge < -0.3 is 19.7 Å². The summed E-state index contributed by atoms with van der Waals surface area (Å²) in [6, 6.07) is 23.0. The molecule has 216 valence electrons. The predicted octanol–water partition coefficient (Wildman–Crippen LogP) is 4.97. The van der Waals surface area contributed by atoms with Gasteiger partial charge in [0.1, 0.15) is 5.75 Å². The summed E-state index contributed by atoms with van der Waals surface area (Å²) in [5.41, 5.74) is 6.03. The zero-order valence-corrected chi connectivity index (χ0v) is 23.7. The minimum atomic E-state index is -0.888. The van der Waals surface area contributed by atoms with E-state index >= 15 is 0 Å². The first-order valence-corrected chi connectivity index (χ1v) is 13.7. The van der Waals surface area contributed by atoms with Crippen molar-refractivity contribution in [1.82, 2.24) is 19.8 Å². The van der Waals surface area contributed by atoms with Crippen molar-refractivity contribution in [3.63, 3.8) is 0 Å². The number of aliphatic carboxylic acids is 1. The van der Waals surface area contributed by atoms with Gasteiger partial charge in [-0.1, -0.05) is 36.4 Å². The molecule has 2 aromatic heterocycles. The molecule has 5 rings (SSSR count). The summed E-state index contributed by atoms with van der Waals surface area (Å²) in [5, 5.41) is 20.2. The third-order valence-electron chi connectivity index (χ3n) is 7.00. The van der Waals surface area contributed by atoms with Gasteiger partial charge >= 0.3 is 5.97 Å². The first kappa shape index (κ1) is 28.8. The molecule has 0 aliphatic carbocycles. The van der Waals surface area contributed by atoms with Crippen LogP contribution in [0.1, 0.15) is 39.5 Å². The van der Waals surface area contributed by atoms with Crippen LogP contribution in [0.5, 0.6) is 17.2 Å². The van der Waals surface area contributed by atoms with Crippen LogP contribution in [0.2, 0.25) is 0 Å². The third-order valence-corrected chi connectivity index (χ3v) is 7.00. The van der Waals surface area contributed by atoms with Gasteiger partial charge in [-0.3, -0.25) is 24.6 Å². The van der Waals surface area contributed by atoms with E-state index in [0.717, 1.165) is 39.5 Å². The van der Waals surface area contributed by atoms with E-state index in [1.54, 1.807) is 20.3 Å². The number of carboxylic acids is 1. The van der Waals surface area contributed by atoms with Crippen molar-refractivity contribution in [2.24, 2.45) is 0 Å². The van der Waals surface area contributed by atoms with Crippen molar-refractivity contribution in [1.29, 1.82) is 0 Å². The number of methoxy groups -OCH3 is 2. The Hall–Kier alpha value is -4.73. The molecule has 4 bridgehead atoms. The quantitative estimate of drug-likeness (QED) is 0.286. The fraction of sp³-hybridized carbons (Fsp3) is 0.242. The lowest BCUT2D eigenvalue weighted by atomic mass is 10.1. The molecule has 0 fully saturated rings. The van der Waals surface area contributed by atoms with Crippen LogP contribution >= 0.6 is 0 Å².